The second-order valence-corrected chi connectivity index (χ2v) is 3.61. The number of hydrogen-bond donors (Lipinski definition) is 0. The van der Waals surface area contributed by atoms with E-state index in [1.165, 1.54) is 0 Å². The zero-order chi connectivity index (χ0) is 11.7. The second kappa shape index (κ2) is 4.00. The van der Waals surface area contributed by atoms with Crippen molar-refractivity contribution in [2.45, 2.75) is 19.4 Å². The van der Waals surface area contributed by atoms with E-state index in [4.69, 9.17) is 0 Å². The first kappa shape index (κ1) is 10.7. The fraction of sp³-hybridized carbons (Fsp3) is 0.273. The quantitative estimate of drug-likeness (QED) is 0.717. The van der Waals surface area contributed by atoms with Crippen molar-refractivity contribution in [1.29, 1.82) is 0 Å². The van der Waals surface area contributed by atoms with Crippen molar-refractivity contribution in [1.82, 2.24) is 4.90 Å². The molecule has 2 amide bonds. The van der Waals surface area contributed by atoms with Crippen LogP contribution in [-0.4, -0.2) is 16.7 Å². The summed E-state index contributed by atoms with van der Waals surface area (Å²) in [5.41, 5.74) is 0.0172. The Hall–Kier alpha value is -1.78. The molecular weight excluding hydrogens is 216 g/mol. The number of likely N-dealkylation sites (tertiary alicyclic amines) is 1. The van der Waals surface area contributed by atoms with Crippen LogP contribution < -0.4 is 0 Å². The van der Waals surface area contributed by atoms with Gasteiger partial charge in [0.2, 0.25) is 11.8 Å². The van der Waals surface area contributed by atoms with Crippen LogP contribution in [0.4, 0.5) is 8.78 Å². The highest BCUT2D eigenvalue weighted by Gasteiger charge is 2.29. The van der Waals surface area contributed by atoms with Gasteiger partial charge in [0.05, 0.1) is 6.54 Å². The maximum atomic E-state index is 13.3. The zero-order valence-electron chi connectivity index (χ0n) is 8.37. The Morgan fingerprint density at radius 2 is 1.75 bits per heavy atom. The van der Waals surface area contributed by atoms with Crippen LogP contribution in [0.3, 0.4) is 0 Å². The fourth-order valence-corrected chi connectivity index (χ4v) is 1.63. The topological polar surface area (TPSA) is 37.4 Å². The van der Waals surface area contributed by atoms with Gasteiger partial charge in [-0.1, -0.05) is 0 Å². The molecule has 1 aliphatic heterocycles. The van der Waals surface area contributed by atoms with E-state index in [2.05, 4.69) is 0 Å². The molecule has 84 valence electrons. The summed E-state index contributed by atoms with van der Waals surface area (Å²) in [7, 11) is 0. The Morgan fingerprint density at radius 1 is 1.12 bits per heavy atom. The molecule has 1 aliphatic rings. The van der Waals surface area contributed by atoms with E-state index in [-0.39, 0.29) is 36.8 Å². The lowest BCUT2D eigenvalue weighted by Gasteiger charge is -2.14. The molecule has 3 nitrogen and oxygen atoms in total. The van der Waals surface area contributed by atoms with Gasteiger partial charge in [-0.2, -0.15) is 0 Å². The molecule has 1 aromatic carbocycles. The molecule has 0 radical (unpaired) electrons. The molecule has 2 rings (SSSR count). The minimum atomic E-state index is -0.617. The normalized spacial score (nSPS) is 16.0. The molecule has 0 saturated carbocycles. The molecule has 1 saturated heterocycles. The second-order valence-electron chi connectivity index (χ2n) is 3.61. The Bertz CT molecular complexity index is 443. The molecule has 0 bridgehead atoms. The van der Waals surface area contributed by atoms with Crippen LogP contribution in [0.25, 0.3) is 0 Å². The van der Waals surface area contributed by atoms with Crippen molar-refractivity contribution in [2.75, 3.05) is 0 Å². The van der Waals surface area contributed by atoms with Crippen LogP contribution in [0.15, 0.2) is 18.2 Å². The van der Waals surface area contributed by atoms with E-state index >= 15 is 0 Å². The van der Waals surface area contributed by atoms with Gasteiger partial charge in [-0.15, -0.1) is 0 Å². The van der Waals surface area contributed by atoms with Gasteiger partial charge in [-0.25, -0.2) is 8.78 Å². The molecule has 0 aromatic heterocycles. The summed E-state index contributed by atoms with van der Waals surface area (Å²) in [6.45, 7) is -0.193. The first-order chi connectivity index (χ1) is 7.58. The predicted molar refractivity (Wildman–Crippen MR) is 51.1 cm³/mol. The monoisotopic (exact) mass is 225 g/mol. The third-order valence-corrected chi connectivity index (χ3v) is 2.49. The van der Waals surface area contributed by atoms with Crippen molar-refractivity contribution >= 4 is 11.8 Å². The fourth-order valence-electron chi connectivity index (χ4n) is 1.63. The van der Waals surface area contributed by atoms with Gasteiger partial charge in [0.1, 0.15) is 11.6 Å². The molecule has 0 unspecified atom stereocenters. The first-order valence-electron chi connectivity index (χ1n) is 4.85. The number of carbonyl (C=O) groups is 2. The van der Waals surface area contributed by atoms with Gasteiger partial charge in [-0.3, -0.25) is 14.5 Å². The Kier molecular flexibility index (Phi) is 2.68. The number of imide groups is 1. The maximum Gasteiger partial charge on any atom is 0.229 e. The van der Waals surface area contributed by atoms with Crippen LogP contribution in [-0.2, 0) is 16.1 Å². The molecule has 5 heteroatoms. The van der Waals surface area contributed by atoms with Crippen molar-refractivity contribution < 1.29 is 18.4 Å². The average molecular weight is 225 g/mol. The van der Waals surface area contributed by atoms with E-state index in [0.29, 0.717) is 0 Å². The van der Waals surface area contributed by atoms with Gasteiger partial charge >= 0.3 is 0 Å². The summed E-state index contributed by atoms with van der Waals surface area (Å²) in [6, 6.07) is 2.97. The molecule has 1 aromatic rings. The summed E-state index contributed by atoms with van der Waals surface area (Å²) in [5, 5.41) is 0. The number of rotatable bonds is 2. The molecule has 0 N–H and O–H groups in total. The lowest BCUT2D eigenvalue weighted by Crippen LogP contribution is -2.28. The summed E-state index contributed by atoms with van der Waals surface area (Å²) in [4.78, 5) is 23.5. The van der Waals surface area contributed by atoms with Gasteiger partial charge < -0.3 is 0 Å². The first-order valence-corrected chi connectivity index (χ1v) is 4.85. The lowest BCUT2D eigenvalue weighted by molar-refractivity contribution is -0.139. The zero-order valence-corrected chi connectivity index (χ0v) is 8.37. The summed E-state index contributed by atoms with van der Waals surface area (Å²) in [6.07, 6.45) is 0.297. The maximum absolute atomic E-state index is 13.3. The number of halogens is 2. The molecule has 0 aliphatic carbocycles. The number of amides is 2. The lowest BCUT2D eigenvalue weighted by atomic mass is 10.2. The Labute approximate surface area is 90.7 Å². The highest BCUT2D eigenvalue weighted by atomic mass is 19.1. The van der Waals surface area contributed by atoms with E-state index in [1.54, 1.807) is 0 Å². The molecule has 1 fully saturated rings. The predicted octanol–water partition coefficient (Wildman–Crippen LogP) is 1.61. The molecule has 0 spiro atoms. The van der Waals surface area contributed by atoms with E-state index < -0.39 is 11.6 Å². The molecule has 1 heterocycles. The smallest absolute Gasteiger partial charge is 0.229 e. The third-order valence-electron chi connectivity index (χ3n) is 2.49. The number of nitrogens with zero attached hydrogens (tertiary/aromatic N) is 1. The van der Waals surface area contributed by atoms with Crippen molar-refractivity contribution in [2.24, 2.45) is 0 Å². The van der Waals surface area contributed by atoms with Gasteiger partial charge in [0, 0.05) is 18.4 Å². The number of benzene rings is 1. The molecule has 0 atom stereocenters. The van der Waals surface area contributed by atoms with E-state index in [1.807, 2.05) is 0 Å². The number of carbonyl (C=O) groups excluding carboxylic acids is 2. The van der Waals surface area contributed by atoms with Crippen LogP contribution in [0.1, 0.15) is 18.4 Å². The van der Waals surface area contributed by atoms with Crippen molar-refractivity contribution in [3.63, 3.8) is 0 Å². The van der Waals surface area contributed by atoms with Crippen molar-refractivity contribution in [3.8, 4) is 0 Å². The van der Waals surface area contributed by atoms with E-state index in [9.17, 15) is 18.4 Å². The standard InChI is InChI=1S/C11H9F2NO2/c12-8-1-2-9(13)7(5-8)6-14-10(15)3-4-11(14)16/h1-2,5H,3-4,6H2. The van der Waals surface area contributed by atoms with Crippen LogP contribution in [0.5, 0.6) is 0 Å². The summed E-state index contributed by atoms with van der Waals surface area (Å²) < 4.78 is 26.1. The van der Waals surface area contributed by atoms with Gasteiger partial charge in [-0.05, 0) is 18.2 Å². The van der Waals surface area contributed by atoms with Crippen molar-refractivity contribution in [3.05, 3.63) is 35.4 Å². The van der Waals surface area contributed by atoms with Crippen LogP contribution in [0, 0.1) is 11.6 Å². The van der Waals surface area contributed by atoms with Crippen LogP contribution in [0.2, 0.25) is 0 Å². The number of hydrogen-bond acceptors (Lipinski definition) is 2. The summed E-state index contributed by atoms with van der Waals surface area (Å²) >= 11 is 0. The SMILES string of the molecule is O=C1CCC(=O)N1Cc1cc(F)ccc1F. The van der Waals surface area contributed by atoms with Gasteiger partial charge in [0.15, 0.2) is 0 Å². The average Bonchev–Trinajstić information content (AvgIpc) is 2.55. The third kappa shape index (κ3) is 1.93. The highest BCUT2D eigenvalue weighted by Crippen LogP contribution is 2.18. The highest BCUT2D eigenvalue weighted by molar-refractivity contribution is 6.01. The molecule has 16 heavy (non-hydrogen) atoms. The summed E-state index contributed by atoms with van der Waals surface area (Å²) in [5.74, 6) is -1.88. The minimum Gasteiger partial charge on any atom is -0.278 e. The molecular formula is C11H9F2NO2. The van der Waals surface area contributed by atoms with E-state index in [0.717, 1.165) is 23.1 Å². The Morgan fingerprint density at radius 3 is 2.38 bits per heavy atom. The van der Waals surface area contributed by atoms with Gasteiger partial charge in [0.25, 0.3) is 0 Å². The van der Waals surface area contributed by atoms with Crippen LogP contribution >= 0.6 is 0 Å². The Balaban J connectivity index is 2.23. The largest absolute Gasteiger partial charge is 0.278 e. The minimum absolute atomic E-state index is 0.0172.